The number of hydrogen-bond acceptors (Lipinski definition) is 1. The largest absolute Gasteiger partial charge is 0.507 e. The molecule has 0 fully saturated rings. The Kier molecular flexibility index (Phi) is 1.07. The van der Waals surface area contributed by atoms with Gasteiger partial charge in [-0.3, -0.25) is 0 Å². The molecule has 1 aliphatic carbocycles. The minimum atomic E-state index is 0.0787. The van der Waals surface area contributed by atoms with Crippen molar-refractivity contribution in [3.63, 3.8) is 0 Å². The van der Waals surface area contributed by atoms with E-state index in [1.165, 1.54) is 0 Å². The smallest absolute Gasteiger partial charge is 0.123 e. The zero-order valence-electron chi connectivity index (χ0n) is 4.39. The van der Waals surface area contributed by atoms with E-state index < -0.39 is 0 Å². The lowest BCUT2D eigenvalue weighted by molar-refractivity contribution is 0.429. The van der Waals surface area contributed by atoms with Crippen molar-refractivity contribution in [2.45, 2.75) is 0 Å². The molecule has 0 aromatic carbocycles. The van der Waals surface area contributed by atoms with Gasteiger partial charge in [-0.2, -0.15) is 0 Å². The first-order chi connectivity index (χ1) is 3.80. The first-order valence-corrected chi connectivity index (χ1v) is 2.32. The van der Waals surface area contributed by atoms with E-state index in [0.29, 0.717) is 5.57 Å². The third-order valence-corrected chi connectivity index (χ3v) is 0.909. The Labute approximate surface area is 48.0 Å². The topological polar surface area (TPSA) is 20.2 Å². The summed E-state index contributed by atoms with van der Waals surface area (Å²) in [5, 5.41) is 8.69. The van der Waals surface area contributed by atoms with E-state index in [1.807, 2.05) is 0 Å². The predicted octanol–water partition coefficient (Wildman–Crippen LogP) is 1.71. The zero-order valence-corrected chi connectivity index (χ0v) is 4.39. The second-order valence-corrected chi connectivity index (χ2v) is 1.53. The number of rotatable bonds is 1. The average Bonchev–Trinajstić information content (AvgIpc) is 2.12. The molecule has 0 amide bonds. The first-order valence-electron chi connectivity index (χ1n) is 2.32. The zero-order chi connectivity index (χ0) is 5.98. The molecule has 0 saturated carbocycles. The van der Waals surface area contributed by atoms with Crippen LogP contribution in [-0.4, -0.2) is 5.11 Å². The molecule has 1 rings (SSSR count). The second kappa shape index (κ2) is 1.73. The predicted molar refractivity (Wildman–Crippen MR) is 32.5 cm³/mol. The minimum absolute atomic E-state index is 0.0787. The number of hydrogen-bond donors (Lipinski definition) is 1. The number of aliphatic hydroxyl groups excluding tert-OH is 1. The van der Waals surface area contributed by atoms with Crippen molar-refractivity contribution in [2.75, 3.05) is 0 Å². The van der Waals surface area contributed by atoms with Crippen LogP contribution in [0.3, 0.4) is 0 Å². The first kappa shape index (κ1) is 4.95. The highest BCUT2D eigenvalue weighted by molar-refractivity contribution is 5.39. The molecule has 1 aliphatic rings. The van der Waals surface area contributed by atoms with Crippen LogP contribution in [0.15, 0.2) is 41.9 Å². The Bertz CT molecular complexity index is 202. The van der Waals surface area contributed by atoms with Gasteiger partial charge < -0.3 is 5.11 Å². The van der Waals surface area contributed by atoms with E-state index in [9.17, 15) is 0 Å². The van der Waals surface area contributed by atoms with E-state index in [-0.39, 0.29) is 5.76 Å². The Hall–Kier alpha value is -1.20. The SMILES string of the molecule is C=C(O)C1=C=CC=C1. The highest BCUT2D eigenvalue weighted by Crippen LogP contribution is 2.07. The quantitative estimate of drug-likeness (QED) is 0.398. The van der Waals surface area contributed by atoms with E-state index in [0.717, 1.165) is 0 Å². The summed E-state index contributed by atoms with van der Waals surface area (Å²) in [5.74, 6) is 0.0787. The molecule has 0 bridgehead atoms. The molecule has 0 spiro atoms. The summed E-state index contributed by atoms with van der Waals surface area (Å²) >= 11 is 0. The van der Waals surface area contributed by atoms with Gasteiger partial charge in [-0.15, -0.1) is 5.73 Å². The van der Waals surface area contributed by atoms with Crippen molar-refractivity contribution in [1.29, 1.82) is 0 Å². The molecule has 1 N–H and O–H groups in total. The van der Waals surface area contributed by atoms with E-state index in [1.54, 1.807) is 18.2 Å². The third-order valence-electron chi connectivity index (χ3n) is 0.909. The van der Waals surface area contributed by atoms with Crippen molar-refractivity contribution in [2.24, 2.45) is 0 Å². The second-order valence-electron chi connectivity index (χ2n) is 1.53. The van der Waals surface area contributed by atoms with Crippen molar-refractivity contribution in [1.82, 2.24) is 0 Å². The van der Waals surface area contributed by atoms with Gasteiger partial charge in [-0.25, -0.2) is 0 Å². The van der Waals surface area contributed by atoms with Crippen molar-refractivity contribution in [3.05, 3.63) is 41.9 Å². The van der Waals surface area contributed by atoms with Crippen LogP contribution < -0.4 is 0 Å². The van der Waals surface area contributed by atoms with Crippen molar-refractivity contribution < 1.29 is 5.11 Å². The molecular weight excluding hydrogens is 100 g/mol. The summed E-state index contributed by atoms with van der Waals surface area (Å²) in [6, 6.07) is 0. The minimum Gasteiger partial charge on any atom is -0.507 e. The number of aliphatic hydroxyl groups is 1. The van der Waals surface area contributed by atoms with Crippen molar-refractivity contribution >= 4 is 0 Å². The van der Waals surface area contributed by atoms with Gasteiger partial charge in [0.05, 0.1) is 5.57 Å². The molecule has 1 heteroatoms. The van der Waals surface area contributed by atoms with Gasteiger partial charge in [0.1, 0.15) is 5.76 Å². The Balaban J connectivity index is 2.90. The molecule has 0 heterocycles. The number of allylic oxidation sites excluding steroid dienone is 2. The molecule has 0 aromatic rings. The lowest BCUT2D eigenvalue weighted by Crippen LogP contribution is -1.75. The summed E-state index contributed by atoms with van der Waals surface area (Å²) in [5.41, 5.74) is 3.46. The maximum Gasteiger partial charge on any atom is 0.123 e. The summed E-state index contributed by atoms with van der Waals surface area (Å²) in [6.07, 6.45) is 5.29. The fourth-order valence-corrected chi connectivity index (χ4v) is 0.510. The van der Waals surface area contributed by atoms with Crippen LogP contribution in [0, 0.1) is 0 Å². The molecule has 0 aromatic heterocycles. The van der Waals surface area contributed by atoms with Gasteiger partial charge in [0.15, 0.2) is 0 Å². The maximum absolute atomic E-state index is 8.69. The summed E-state index contributed by atoms with van der Waals surface area (Å²) in [4.78, 5) is 0. The fraction of sp³-hybridized carbons (Fsp3) is 0. The van der Waals surface area contributed by atoms with Crippen LogP contribution in [-0.2, 0) is 0 Å². The molecule has 0 saturated heterocycles. The van der Waals surface area contributed by atoms with Gasteiger partial charge >= 0.3 is 0 Å². The lowest BCUT2D eigenvalue weighted by Gasteiger charge is -1.87. The monoisotopic (exact) mass is 106 g/mol. The summed E-state index contributed by atoms with van der Waals surface area (Å²) < 4.78 is 0. The van der Waals surface area contributed by atoms with Gasteiger partial charge in [-0.05, 0) is 12.2 Å². The fourth-order valence-electron chi connectivity index (χ4n) is 0.510. The highest BCUT2D eigenvalue weighted by Gasteiger charge is 1.94. The van der Waals surface area contributed by atoms with E-state index in [2.05, 4.69) is 12.3 Å². The summed E-state index contributed by atoms with van der Waals surface area (Å²) in [7, 11) is 0. The van der Waals surface area contributed by atoms with Gasteiger partial charge in [0.25, 0.3) is 0 Å². The normalized spacial score (nSPS) is 14.2. The Morgan fingerprint density at radius 3 is 2.75 bits per heavy atom. The van der Waals surface area contributed by atoms with Crippen LogP contribution in [0.25, 0.3) is 0 Å². The maximum atomic E-state index is 8.69. The average molecular weight is 106 g/mol. The molecule has 40 valence electrons. The molecule has 1 nitrogen and oxygen atoms in total. The molecule has 0 radical (unpaired) electrons. The Morgan fingerprint density at radius 1 is 1.75 bits per heavy atom. The molecule has 0 unspecified atom stereocenters. The lowest BCUT2D eigenvalue weighted by atomic mass is 10.3. The van der Waals surface area contributed by atoms with Crippen LogP contribution >= 0.6 is 0 Å². The highest BCUT2D eigenvalue weighted by atomic mass is 16.3. The summed E-state index contributed by atoms with van der Waals surface area (Å²) in [6.45, 7) is 3.32. The molecular formula is C7H6O. The molecule has 0 aliphatic heterocycles. The van der Waals surface area contributed by atoms with Gasteiger partial charge in [0.2, 0.25) is 0 Å². The van der Waals surface area contributed by atoms with Crippen LogP contribution in [0.5, 0.6) is 0 Å². The van der Waals surface area contributed by atoms with Crippen LogP contribution in [0.4, 0.5) is 0 Å². The molecule has 0 atom stereocenters. The van der Waals surface area contributed by atoms with E-state index in [4.69, 9.17) is 5.11 Å². The van der Waals surface area contributed by atoms with Crippen LogP contribution in [0.2, 0.25) is 0 Å². The molecule has 8 heavy (non-hydrogen) atoms. The van der Waals surface area contributed by atoms with Gasteiger partial charge in [-0.1, -0.05) is 12.7 Å². The third kappa shape index (κ3) is 0.722. The Morgan fingerprint density at radius 2 is 2.50 bits per heavy atom. The van der Waals surface area contributed by atoms with Crippen LogP contribution in [0.1, 0.15) is 0 Å². The van der Waals surface area contributed by atoms with Crippen molar-refractivity contribution in [3.8, 4) is 0 Å². The van der Waals surface area contributed by atoms with Gasteiger partial charge in [0, 0.05) is 0 Å². The standard InChI is InChI=1S/C7H6O/c1-6(8)7-4-2-3-5-7/h2-4,8H,1H2. The van der Waals surface area contributed by atoms with E-state index >= 15 is 0 Å².